The predicted molar refractivity (Wildman–Crippen MR) is 114 cm³/mol. The smallest absolute Gasteiger partial charge is 0.326 e. The molecule has 3 rings (SSSR count). The average Bonchev–Trinajstić information content (AvgIpc) is 3.03. The Morgan fingerprint density at radius 3 is 2.48 bits per heavy atom. The lowest BCUT2D eigenvalue weighted by Crippen LogP contribution is -2.44. The van der Waals surface area contributed by atoms with Crippen LogP contribution in [-0.2, 0) is 31.1 Å². The topological polar surface area (TPSA) is 105 Å². The van der Waals surface area contributed by atoms with Crippen LogP contribution in [0, 0.1) is 0 Å². The molecule has 8 nitrogen and oxygen atoms in total. The van der Waals surface area contributed by atoms with Gasteiger partial charge in [0.05, 0.1) is 0 Å². The van der Waals surface area contributed by atoms with Gasteiger partial charge in [-0.2, -0.15) is 0 Å². The number of nitrogens with zero attached hydrogens (tertiary/aromatic N) is 1. The van der Waals surface area contributed by atoms with Gasteiger partial charge in [0.2, 0.25) is 0 Å². The molecule has 0 radical (unpaired) electrons. The minimum Gasteiger partial charge on any atom is -0.454 e. The summed E-state index contributed by atoms with van der Waals surface area (Å²) in [5.41, 5.74) is 1.08. The molecule has 31 heavy (non-hydrogen) atoms. The van der Waals surface area contributed by atoms with E-state index < -0.39 is 42.5 Å². The maximum atomic E-state index is 13.0. The normalized spacial score (nSPS) is 17.9. The van der Waals surface area contributed by atoms with Crippen LogP contribution in [0.15, 0.2) is 54.6 Å². The Labute approximate surface area is 180 Å². The van der Waals surface area contributed by atoms with Crippen LogP contribution in [-0.4, -0.2) is 41.9 Å². The Morgan fingerprint density at radius 1 is 1.06 bits per heavy atom. The molecule has 2 aromatic carbocycles. The van der Waals surface area contributed by atoms with E-state index in [4.69, 9.17) is 4.74 Å². The van der Waals surface area contributed by atoms with E-state index in [2.05, 4.69) is 10.6 Å². The zero-order chi connectivity index (χ0) is 22.4. The number of anilines is 1. The number of ether oxygens (including phenoxy) is 1. The van der Waals surface area contributed by atoms with Crippen molar-refractivity contribution in [1.29, 1.82) is 0 Å². The minimum absolute atomic E-state index is 0.326. The van der Waals surface area contributed by atoms with Gasteiger partial charge in [-0.1, -0.05) is 56.3 Å². The molecule has 1 unspecified atom stereocenters. The maximum Gasteiger partial charge on any atom is 0.326 e. The zero-order valence-corrected chi connectivity index (χ0v) is 17.5. The number of benzene rings is 2. The van der Waals surface area contributed by atoms with Crippen molar-refractivity contribution >= 4 is 29.5 Å². The summed E-state index contributed by atoms with van der Waals surface area (Å²) in [6.45, 7) is 2.70. The Kier molecular flexibility index (Phi) is 6.69. The fraction of sp³-hybridized carbons (Fsp3) is 0.304. The molecule has 0 spiro atoms. The van der Waals surface area contributed by atoms with E-state index in [0.29, 0.717) is 17.7 Å². The van der Waals surface area contributed by atoms with Crippen LogP contribution in [0.4, 0.5) is 10.5 Å². The lowest BCUT2D eigenvalue weighted by atomic mass is 9.87. The summed E-state index contributed by atoms with van der Waals surface area (Å²) in [7, 11) is 0. The van der Waals surface area contributed by atoms with Crippen molar-refractivity contribution in [3.8, 4) is 0 Å². The van der Waals surface area contributed by atoms with Crippen LogP contribution in [0.2, 0.25) is 0 Å². The fourth-order valence-corrected chi connectivity index (χ4v) is 3.52. The van der Waals surface area contributed by atoms with Crippen molar-refractivity contribution in [3.05, 3.63) is 65.7 Å². The molecule has 1 aliphatic rings. The molecule has 1 atom stereocenters. The summed E-state index contributed by atoms with van der Waals surface area (Å²) < 4.78 is 4.97. The molecule has 1 aliphatic heterocycles. The molecule has 1 saturated heterocycles. The van der Waals surface area contributed by atoms with Crippen molar-refractivity contribution in [2.75, 3.05) is 18.5 Å². The van der Waals surface area contributed by atoms with E-state index in [1.807, 2.05) is 31.2 Å². The highest BCUT2D eigenvalue weighted by atomic mass is 16.5. The van der Waals surface area contributed by atoms with Crippen LogP contribution in [0.25, 0.3) is 0 Å². The summed E-state index contributed by atoms with van der Waals surface area (Å²) in [4.78, 5) is 50.5. The van der Waals surface area contributed by atoms with Crippen molar-refractivity contribution in [2.24, 2.45) is 0 Å². The first-order valence-corrected chi connectivity index (χ1v) is 10.1. The average molecular weight is 423 g/mol. The van der Waals surface area contributed by atoms with Crippen LogP contribution in [0.3, 0.4) is 0 Å². The van der Waals surface area contributed by atoms with Gasteiger partial charge in [-0.3, -0.25) is 19.3 Å². The number of hydrogen-bond acceptors (Lipinski definition) is 5. The first-order valence-electron chi connectivity index (χ1n) is 10.1. The minimum atomic E-state index is -1.22. The van der Waals surface area contributed by atoms with Gasteiger partial charge in [-0.25, -0.2) is 4.79 Å². The number of nitrogens with one attached hydrogen (secondary N) is 2. The number of rotatable bonds is 8. The van der Waals surface area contributed by atoms with E-state index in [1.54, 1.807) is 37.3 Å². The van der Waals surface area contributed by atoms with Crippen LogP contribution >= 0.6 is 0 Å². The largest absolute Gasteiger partial charge is 0.454 e. The molecular formula is C23H25N3O5. The van der Waals surface area contributed by atoms with Gasteiger partial charge in [0.25, 0.3) is 11.8 Å². The van der Waals surface area contributed by atoms with E-state index in [9.17, 15) is 19.2 Å². The summed E-state index contributed by atoms with van der Waals surface area (Å²) in [5, 5.41) is 5.35. The summed E-state index contributed by atoms with van der Waals surface area (Å²) in [6, 6.07) is 15.5. The molecule has 1 fully saturated rings. The molecule has 0 saturated carbocycles. The lowest BCUT2D eigenvalue weighted by Gasteiger charge is -2.25. The zero-order valence-electron chi connectivity index (χ0n) is 17.5. The van der Waals surface area contributed by atoms with Crippen LogP contribution in [0.5, 0.6) is 0 Å². The number of carbonyl (C=O) groups is 4. The quantitative estimate of drug-likeness (QED) is 0.502. The molecule has 0 aromatic heterocycles. The number of urea groups is 1. The van der Waals surface area contributed by atoms with Crippen molar-refractivity contribution < 1.29 is 23.9 Å². The molecule has 8 heteroatoms. The highest BCUT2D eigenvalue weighted by Crippen LogP contribution is 2.32. The van der Waals surface area contributed by atoms with E-state index in [-0.39, 0.29) is 0 Å². The second-order valence-corrected chi connectivity index (χ2v) is 7.21. The molecule has 1 heterocycles. The molecule has 0 bridgehead atoms. The number of carbonyl (C=O) groups excluding carboxylic acids is 4. The van der Waals surface area contributed by atoms with Gasteiger partial charge in [0.15, 0.2) is 6.61 Å². The number of aryl methyl sites for hydroxylation is 1. The summed E-state index contributed by atoms with van der Waals surface area (Å²) >= 11 is 0. The van der Waals surface area contributed by atoms with E-state index in [0.717, 1.165) is 16.9 Å². The van der Waals surface area contributed by atoms with Gasteiger partial charge in [0, 0.05) is 5.69 Å². The fourth-order valence-electron chi connectivity index (χ4n) is 3.52. The highest BCUT2D eigenvalue weighted by molar-refractivity contribution is 6.09. The molecule has 0 aliphatic carbocycles. The Balaban J connectivity index is 1.58. The maximum absolute atomic E-state index is 13.0. The lowest BCUT2D eigenvalue weighted by molar-refractivity contribution is -0.150. The second kappa shape index (κ2) is 9.42. The molecule has 162 valence electrons. The summed E-state index contributed by atoms with van der Waals surface area (Å²) in [5.74, 6) is -1.88. The van der Waals surface area contributed by atoms with Gasteiger partial charge in [-0.15, -0.1) is 0 Å². The Morgan fingerprint density at radius 2 is 1.81 bits per heavy atom. The number of amides is 4. The van der Waals surface area contributed by atoms with Gasteiger partial charge in [0.1, 0.15) is 12.1 Å². The van der Waals surface area contributed by atoms with Crippen LogP contribution in [0.1, 0.15) is 31.4 Å². The molecule has 4 amide bonds. The van der Waals surface area contributed by atoms with Gasteiger partial charge < -0.3 is 15.4 Å². The van der Waals surface area contributed by atoms with Crippen molar-refractivity contribution in [3.63, 3.8) is 0 Å². The van der Waals surface area contributed by atoms with Gasteiger partial charge >= 0.3 is 12.0 Å². The first-order chi connectivity index (χ1) is 14.9. The highest BCUT2D eigenvalue weighted by Gasteiger charge is 2.51. The summed E-state index contributed by atoms with van der Waals surface area (Å²) in [6.07, 6.45) is 1.15. The van der Waals surface area contributed by atoms with Crippen molar-refractivity contribution in [2.45, 2.75) is 32.2 Å². The monoisotopic (exact) mass is 423 g/mol. The molecule has 2 aromatic rings. The van der Waals surface area contributed by atoms with Crippen LogP contribution < -0.4 is 10.6 Å². The third-order valence-corrected chi connectivity index (χ3v) is 5.24. The third-order valence-electron chi connectivity index (χ3n) is 5.24. The molecular weight excluding hydrogens is 398 g/mol. The number of hydrogen-bond donors (Lipinski definition) is 2. The first kappa shape index (κ1) is 22.0. The number of esters is 1. The molecule has 2 N–H and O–H groups in total. The third kappa shape index (κ3) is 4.74. The predicted octanol–water partition coefficient (Wildman–Crippen LogP) is 2.59. The standard InChI is InChI=1S/C23H25N3O5/c1-3-16-9-8-12-18(13-16)24-19(27)15-31-20(28)14-26-21(29)23(4-2,25-22(26)30)17-10-6-5-7-11-17/h5-13H,3-4,14-15H2,1-2H3,(H,24,27)(H,25,30). The Bertz CT molecular complexity index is 992. The second-order valence-electron chi connectivity index (χ2n) is 7.21. The SMILES string of the molecule is CCc1cccc(NC(=O)COC(=O)CN2C(=O)NC(CC)(c3ccccc3)C2=O)c1. The number of imide groups is 1. The van der Waals surface area contributed by atoms with Crippen molar-refractivity contribution in [1.82, 2.24) is 10.2 Å². The van der Waals surface area contributed by atoms with E-state index in [1.165, 1.54) is 0 Å². The Hall–Kier alpha value is -3.68. The van der Waals surface area contributed by atoms with E-state index >= 15 is 0 Å². The van der Waals surface area contributed by atoms with Gasteiger partial charge in [-0.05, 0) is 36.1 Å².